The van der Waals surface area contributed by atoms with E-state index in [1.54, 1.807) is 12.1 Å². The van der Waals surface area contributed by atoms with Crippen LogP contribution in [0.25, 0.3) is 0 Å². The van der Waals surface area contributed by atoms with Crippen LogP contribution in [0.3, 0.4) is 0 Å². The number of aromatic nitrogens is 2. The van der Waals surface area contributed by atoms with E-state index >= 15 is 0 Å². The number of hydrogen-bond donors (Lipinski definition) is 2. The standard InChI is InChI=1S/C29H33FN4O4/c1-34(2)28-24(18-27(35)36)25(12-5-19-13-15-38-16-14-19)32-26(33-28)17-20-3-10-23(11-4-20)31-29(37)21-6-8-22(30)9-7-21/h3-4,6-11,19H,5,12-18H2,1-2H3,(H,31,37)(H,35,36). The summed E-state index contributed by atoms with van der Waals surface area (Å²) in [6, 6.07) is 12.8. The number of carbonyl (C=O) groups is 2. The molecule has 1 aliphatic heterocycles. The quantitative estimate of drug-likeness (QED) is 0.405. The Balaban J connectivity index is 1.51. The first-order chi connectivity index (χ1) is 18.3. The molecule has 1 saturated heterocycles. The van der Waals surface area contributed by atoms with Gasteiger partial charge in [-0.3, -0.25) is 9.59 Å². The highest BCUT2D eigenvalue weighted by molar-refractivity contribution is 6.04. The number of carboxylic acids is 1. The molecule has 1 amide bonds. The van der Waals surface area contributed by atoms with Crippen molar-refractivity contribution in [3.8, 4) is 0 Å². The molecule has 1 fully saturated rings. The lowest BCUT2D eigenvalue weighted by Crippen LogP contribution is -2.21. The molecule has 2 heterocycles. The molecule has 0 bridgehead atoms. The summed E-state index contributed by atoms with van der Waals surface area (Å²) in [6.45, 7) is 1.54. The van der Waals surface area contributed by atoms with Crippen molar-refractivity contribution in [2.75, 3.05) is 37.5 Å². The zero-order chi connectivity index (χ0) is 27.1. The van der Waals surface area contributed by atoms with E-state index in [1.807, 2.05) is 31.1 Å². The Kier molecular flexibility index (Phi) is 9.02. The second kappa shape index (κ2) is 12.6. The molecule has 8 nitrogen and oxygen atoms in total. The summed E-state index contributed by atoms with van der Waals surface area (Å²) >= 11 is 0. The SMILES string of the molecule is CN(C)c1nc(Cc2ccc(NC(=O)c3ccc(F)cc3)cc2)nc(CCC2CCOCC2)c1CC(=O)O. The fourth-order valence-electron chi connectivity index (χ4n) is 4.62. The second-order valence-corrected chi connectivity index (χ2v) is 9.78. The van der Waals surface area contributed by atoms with Crippen molar-refractivity contribution in [2.24, 2.45) is 5.92 Å². The first-order valence-corrected chi connectivity index (χ1v) is 12.8. The first kappa shape index (κ1) is 27.2. The van der Waals surface area contributed by atoms with Gasteiger partial charge in [0.1, 0.15) is 17.5 Å². The summed E-state index contributed by atoms with van der Waals surface area (Å²) in [5.74, 6) is 0.166. The Morgan fingerprint density at radius 3 is 2.37 bits per heavy atom. The van der Waals surface area contributed by atoms with Crippen LogP contribution in [0.2, 0.25) is 0 Å². The van der Waals surface area contributed by atoms with Crippen LogP contribution in [0.15, 0.2) is 48.5 Å². The van der Waals surface area contributed by atoms with Crippen LogP contribution in [0.5, 0.6) is 0 Å². The first-order valence-electron chi connectivity index (χ1n) is 12.8. The summed E-state index contributed by atoms with van der Waals surface area (Å²) < 4.78 is 18.6. The number of nitrogens with zero attached hydrogens (tertiary/aromatic N) is 3. The molecule has 0 unspecified atom stereocenters. The zero-order valence-corrected chi connectivity index (χ0v) is 21.7. The van der Waals surface area contributed by atoms with E-state index in [1.165, 1.54) is 24.3 Å². The van der Waals surface area contributed by atoms with Crippen LogP contribution >= 0.6 is 0 Å². The number of rotatable bonds is 10. The average Bonchev–Trinajstić information content (AvgIpc) is 2.90. The van der Waals surface area contributed by atoms with Gasteiger partial charge in [0, 0.05) is 50.5 Å². The van der Waals surface area contributed by atoms with Gasteiger partial charge in [-0.15, -0.1) is 0 Å². The lowest BCUT2D eigenvalue weighted by molar-refractivity contribution is -0.136. The van der Waals surface area contributed by atoms with Crippen molar-refractivity contribution < 1.29 is 23.8 Å². The molecule has 200 valence electrons. The minimum Gasteiger partial charge on any atom is -0.481 e. The molecular formula is C29H33FN4O4. The molecule has 1 aromatic heterocycles. The number of hydrogen-bond acceptors (Lipinski definition) is 6. The largest absolute Gasteiger partial charge is 0.481 e. The summed E-state index contributed by atoms with van der Waals surface area (Å²) in [5, 5.41) is 12.4. The van der Waals surface area contributed by atoms with Crippen molar-refractivity contribution >= 4 is 23.4 Å². The number of carboxylic acid groups (broad SMARTS) is 1. The molecule has 2 N–H and O–H groups in total. The van der Waals surface area contributed by atoms with Crippen molar-refractivity contribution in [2.45, 2.75) is 38.5 Å². The van der Waals surface area contributed by atoms with Gasteiger partial charge in [0.2, 0.25) is 0 Å². The third-order valence-electron chi connectivity index (χ3n) is 6.68. The van der Waals surface area contributed by atoms with Gasteiger partial charge in [-0.05, 0) is 73.6 Å². The van der Waals surface area contributed by atoms with E-state index in [4.69, 9.17) is 14.7 Å². The molecule has 0 radical (unpaired) electrons. The summed E-state index contributed by atoms with van der Waals surface area (Å²) in [5.41, 5.74) is 3.39. The van der Waals surface area contributed by atoms with Crippen LogP contribution in [-0.2, 0) is 28.8 Å². The number of halogens is 1. The topological polar surface area (TPSA) is 105 Å². The van der Waals surface area contributed by atoms with Gasteiger partial charge in [-0.2, -0.15) is 0 Å². The molecule has 2 aromatic carbocycles. The second-order valence-electron chi connectivity index (χ2n) is 9.78. The molecule has 0 aliphatic carbocycles. The summed E-state index contributed by atoms with van der Waals surface area (Å²) in [4.78, 5) is 35.5. The maximum absolute atomic E-state index is 13.1. The van der Waals surface area contributed by atoms with Crippen LogP contribution in [0.1, 0.15) is 52.3 Å². The van der Waals surface area contributed by atoms with Gasteiger partial charge in [-0.1, -0.05) is 12.1 Å². The lowest BCUT2D eigenvalue weighted by Gasteiger charge is -2.23. The molecule has 38 heavy (non-hydrogen) atoms. The molecule has 0 saturated carbocycles. The van der Waals surface area contributed by atoms with Crippen LogP contribution in [0, 0.1) is 11.7 Å². The van der Waals surface area contributed by atoms with E-state index < -0.39 is 11.8 Å². The minimum absolute atomic E-state index is 0.126. The van der Waals surface area contributed by atoms with E-state index in [2.05, 4.69) is 5.32 Å². The molecule has 0 atom stereocenters. The van der Waals surface area contributed by atoms with E-state index in [0.29, 0.717) is 47.2 Å². The highest BCUT2D eigenvalue weighted by Crippen LogP contribution is 2.26. The maximum Gasteiger partial charge on any atom is 0.308 e. The number of aliphatic carboxylic acids is 1. The number of aryl methyl sites for hydroxylation is 1. The summed E-state index contributed by atoms with van der Waals surface area (Å²) in [7, 11) is 3.72. The van der Waals surface area contributed by atoms with Gasteiger partial charge in [0.25, 0.3) is 5.91 Å². The van der Waals surface area contributed by atoms with Gasteiger partial charge in [-0.25, -0.2) is 14.4 Å². The van der Waals surface area contributed by atoms with Crippen LogP contribution < -0.4 is 10.2 Å². The number of nitrogens with one attached hydrogen (secondary N) is 1. The number of benzene rings is 2. The maximum atomic E-state index is 13.1. The fourth-order valence-corrected chi connectivity index (χ4v) is 4.62. The van der Waals surface area contributed by atoms with Gasteiger partial charge < -0.3 is 20.1 Å². The predicted molar refractivity (Wildman–Crippen MR) is 143 cm³/mol. The van der Waals surface area contributed by atoms with E-state index in [9.17, 15) is 19.1 Å². The van der Waals surface area contributed by atoms with Crippen LogP contribution in [0.4, 0.5) is 15.9 Å². The smallest absolute Gasteiger partial charge is 0.308 e. The van der Waals surface area contributed by atoms with Crippen LogP contribution in [-0.4, -0.2) is 54.3 Å². The van der Waals surface area contributed by atoms with Crippen molar-refractivity contribution in [3.05, 3.63) is 82.6 Å². The fraction of sp³-hybridized carbons (Fsp3) is 0.379. The Bertz CT molecular complexity index is 1260. The lowest BCUT2D eigenvalue weighted by atomic mass is 9.92. The zero-order valence-electron chi connectivity index (χ0n) is 21.7. The molecule has 0 spiro atoms. The highest BCUT2D eigenvalue weighted by Gasteiger charge is 2.21. The number of ether oxygens (including phenoxy) is 1. The monoisotopic (exact) mass is 520 g/mol. The molecule has 3 aromatic rings. The van der Waals surface area contributed by atoms with Crippen molar-refractivity contribution in [3.63, 3.8) is 0 Å². The van der Waals surface area contributed by atoms with Gasteiger partial charge >= 0.3 is 5.97 Å². The van der Waals surface area contributed by atoms with Crippen molar-refractivity contribution in [1.29, 1.82) is 0 Å². The van der Waals surface area contributed by atoms with Gasteiger partial charge in [0.15, 0.2) is 0 Å². The Hall–Kier alpha value is -3.85. The molecule has 1 aliphatic rings. The number of anilines is 2. The van der Waals surface area contributed by atoms with E-state index in [0.717, 1.165) is 43.7 Å². The third kappa shape index (κ3) is 7.35. The Morgan fingerprint density at radius 1 is 1.05 bits per heavy atom. The minimum atomic E-state index is -0.907. The predicted octanol–water partition coefficient (Wildman–Crippen LogP) is 4.51. The van der Waals surface area contributed by atoms with E-state index in [-0.39, 0.29) is 12.3 Å². The van der Waals surface area contributed by atoms with Gasteiger partial charge in [0.05, 0.1) is 12.1 Å². The average molecular weight is 521 g/mol. The molecule has 4 rings (SSSR count). The summed E-state index contributed by atoms with van der Waals surface area (Å²) in [6.07, 6.45) is 3.98. The highest BCUT2D eigenvalue weighted by atomic mass is 19.1. The number of amides is 1. The Labute approximate surface area is 221 Å². The molecule has 9 heteroatoms. The Morgan fingerprint density at radius 2 is 1.74 bits per heavy atom. The third-order valence-corrected chi connectivity index (χ3v) is 6.68. The molecular weight excluding hydrogens is 487 g/mol. The number of carbonyl (C=O) groups excluding carboxylic acids is 1. The normalized spacial score (nSPS) is 13.8. The van der Waals surface area contributed by atoms with Crippen molar-refractivity contribution in [1.82, 2.24) is 9.97 Å².